The largest absolute Gasteiger partial charge is 0.353 e. The maximum atomic E-state index is 12.7. The minimum absolute atomic E-state index is 0.0421. The number of nitrogens with zero attached hydrogens (tertiary/aromatic N) is 4. The number of aromatic nitrogens is 2. The first-order chi connectivity index (χ1) is 13.0. The minimum atomic E-state index is -0.481. The van der Waals surface area contributed by atoms with E-state index in [0.29, 0.717) is 25.4 Å². The number of piperazine rings is 1. The molecule has 0 radical (unpaired) electrons. The monoisotopic (exact) mass is 449 g/mol. The fourth-order valence-electron chi connectivity index (χ4n) is 4.01. The average Bonchev–Trinajstić information content (AvgIpc) is 3.27. The first-order valence-electron chi connectivity index (χ1n) is 9.40. The van der Waals surface area contributed by atoms with Crippen LogP contribution in [-0.2, 0) is 17.6 Å². The summed E-state index contributed by atoms with van der Waals surface area (Å²) < 4.78 is 1.07. The standard InChI is InChI=1S/C19H24BrN5OS/c1-12-2-4-15-17(12)18(23-11-22-15)24-6-8-25(9-7-24)19(26)14(21)10-13-3-5-16(20)27-13/h3,5,11-12,14H,2,4,6-10,21H2,1H3/t12-,14-/m1/s1. The second-order valence-corrected chi connectivity index (χ2v) is 9.87. The topological polar surface area (TPSA) is 75.4 Å². The van der Waals surface area contributed by atoms with Crippen LogP contribution < -0.4 is 10.6 Å². The quantitative estimate of drug-likeness (QED) is 0.775. The Bertz CT molecular complexity index is 833. The molecule has 1 aliphatic heterocycles. The third-order valence-electron chi connectivity index (χ3n) is 5.51. The summed E-state index contributed by atoms with van der Waals surface area (Å²) in [5, 5.41) is 0. The number of anilines is 1. The van der Waals surface area contributed by atoms with Crippen LogP contribution in [0.5, 0.6) is 0 Å². The summed E-state index contributed by atoms with van der Waals surface area (Å²) in [6.45, 7) is 5.21. The van der Waals surface area contributed by atoms with E-state index < -0.39 is 6.04 Å². The van der Waals surface area contributed by atoms with E-state index in [0.717, 1.165) is 40.4 Å². The highest BCUT2D eigenvalue weighted by Gasteiger charge is 2.30. The molecule has 8 heteroatoms. The summed E-state index contributed by atoms with van der Waals surface area (Å²) >= 11 is 5.09. The van der Waals surface area contributed by atoms with Gasteiger partial charge in [-0.3, -0.25) is 4.79 Å². The second kappa shape index (κ2) is 7.85. The van der Waals surface area contributed by atoms with Crippen molar-refractivity contribution in [2.75, 3.05) is 31.1 Å². The van der Waals surface area contributed by atoms with Crippen LogP contribution in [0.15, 0.2) is 22.2 Å². The lowest BCUT2D eigenvalue weighted by Gasteiger charge is -2.37. The Hall–Kier alpha value is -1.51. The predicted molar refractivity (Wildman–Crippen MR) is 111 cm³/mol. The number of aryl methyl sites for hydroxylation is 1. The summed E-state index contributed by atoms with van der Waals surface area (Å²) in [7, 11) is 0. The third-order valence-corrected chi connectivity index (χ3v) is 7.16. The van der Waals surface area contributed by atoms with Crippen molar-refractivity contribution in [3.05, 3.63) is 38.4 Å². The first kappa shape index (κ1) is 18.8. The molecule has 4 rings (SSSR count). The average molecular weight is 450 g/mol. The van der Waals surface area contributed by atoms with Crippen LogP contribution in [0.1, 0.15) is 35.4 Å². The van der Waals surface area contributed by atoms with Gasteiger partial charge < -0.3 is 15.5 Å². The number of amides is 1. The van der Waals surface area contributed by atoms with Gasteiger partial charge in [-0.2, -0.15) is 0 Å². The third kappa shape index (κ3) is 3.88. The van der Waals surface area contributed by atoms with E-state index in [1.165, 1.54) is 11.3 Å². The van der Waals surface area contributed by atoms with Gasteiger partial charge in [0.25, 0.3) is 0 Å². The number of nitrogens with two attached hydrogens (primary N) is 1. The smallest absolute Gasteiger partial charge is 0.239 e. The molecule has 1 fully saturated rings. The summed E-state index contributed by atoms with van der Waals surface area (Å²) in [6.07, 6.45) is 4.45. The Balaban J connectivity index is 1.38. The van der Waals surface area contributed by atoms with Crippen molar-refractivity contribution in [2.45, 2.75) is 38.1 Å². The summed E-state index contributed by atoms with van der Waals surface area (Å²) in [4.78, 5) is 27.1. The molecular weight excluding hydrogens is 426 g/mol. The van der Waals surface area contributed by atoms with E-state index in [4.69, 9.17) is 5.73 Å². The Morgan fingerprint density at radius 2 is 2.11 bits per heavy atom. The molecule has 27 heavy (non-hydrogen) atoms. The van der Waals surface area contributed by atoms with Crippen molar-refractivity contribution in [1.82, 2.24) is 14.9 Å². The van der Waals surface area contributed by atoms with Gasteiger partial charge in [0.15, 0.2) is 0 Å². The van der Waals surface area contributed by atoms with Gasteiger partial charge in [-0.25, -0.2) is 9.97 Å². The lowest BCUT2D eigenvalue weighted by Crippen LogP contribution is -2.54. The number of hydrogen-bond donors (Lipinski definition) is 1. The fraction of sp³-hybridized carbons (Fsp3) is 0.526. The molecule has 0 aromatic carbocycles. The van der Waals surface area contributed by atoms with Gasteiger partial charge in [0.05, 0.1) is 9.83 Å². The molecule has 0 unspecified atom stereocenters. The van der Waals surface area contributed by atoms with E-state index in [2.05, 4.69) is 37.7 Å². The van der Waals surface area contributed by atoms with Crippen LogP contribution in [0.4, 0.5) is 5.82 Å². The number of carbonyl (C=O) groups excluding carboxylic acids is 1. The van der Waals surface area contributed by atoms with Gasteiger partial charge >= 0.3 is 0 Å². The van der Waals surface area contributed by atoms with Gasteiger partial charge in [-0.15, -0.1) is 11.3 Å². The van der Waals surface area contributed by atoms with Crippen molar-refractivity contribution in [3.63, 3.8) is 0 Å². The van der Waals surface area contributed by atoms with Crippen molar-refractivity contribution >= 4 is 39.0 Å². The molecule has 2 N–H and O–H groups in total. The van der Waals surface area contributed by atoms with E-state index in [9.17, 15) is 4.79 Å². The Labute approximate surface area is 171 Å². The van der Waals surface area contributed by atoms with Crippen LogP contribution in [0, 0.1) is 0 Å². The van der Waals surface area contributed by atoms with Crippen molar-refractivity contribution in [2.24, 2.45) is 5.73 Å². The summed E-state index contributed by atoms with van der Waals surface area (Å²) in [5.74, 6) is 1.61. The maximum Gasteiger partial charge on any atom is 0.239 e. The van der Waals surface area contributed by atoms with Gasteiger partial charge in [0.1, 0.15) is 12.1 Å². The van der Waals surface area contributed by atoms with E-state index in [1.54, 1.807) is 17.7 Å². The predicted octanol–water partition coefficient (Wildman–Crippen LogP) is 2.57. The van der Waals surface area contributed by atoms with Crippen LogP contribution >= 0.6 is 27.3 Å². The number of carbonyl (C=O) groups is 1. The fourth-order valence-corrected chi connectivity index (χ4v) is 5.56. The highest BCUT2D eigenvalue weighted by molar-refractivity contribution is 9.11. The highest BCUT2D eigenvalue weighted by atomic mass is 79.9. The summed E-state index contributed by atoms with van der Waals surface area (Å²) in [5.41, 5.74) is 8.69. The molecule has 1 saturated heterocycles. The molecule has 6 nitrogen and oxygen atoms in total. The molecular formula is C19H24BrN5OS. The zero-order valence-corrected chi connectivity index (χ0v) is 17.8. The van der Waals surface area contributed by atoms with Gasteiger partial charge in [0.2, 0.25) is 5.91 Å². The van der Waals surface area contributed by atoms with E-state index in [1.807, 2.05) is 17.0 Å². The lowest BCUT2D eigenvalue weighted by molar-refractivity contribution is -0.132. The molecule has 2 aromatic heterocycles. The zero-order chi connectivity index (χ0) is 19.0. The van der Waals surface area contributed by atoms with Gasteiger partial charge in [0, 0.05) is 48.7 Å². The van der Waals surface area contributed by atoms with Crippen molar-refractivity contribution in [3.8, 4) is 0 Å². The molecule has 1 amide bonds. The molecule has 3 heterocycles. The lowest BCUT2D eigenvalue weighted by atomic mass is 10.1. The molecule has 144 valence electrons. The molecule has 0 spiro atoms. The van der Waals surface area contributed by atoms with E-state index >= 15 is 0 Å². The zero-order valence-electron chi connectivity index (χ0n) is 15.4. The highest BCUT2D eigenvalue weighted by Crippen LogP contribution is 2.37. The SMILES string of the molecule is C[C@@H]1CCc2ncnc(N3CCN(C(=O)[C@H](N)Cc4ccc(Br)s4)CC3)c21. The number of hydrogen-bond acceptors (Lipinski definition) is 6. The summed E-state index contributed by atoms with van der Waals surface area (Å²) in [6, 6.07) is 3.54. The van der Waals surface area contributed by atoms with Gasteiger partial charge in [-0.1, -0.05) is 6.92 Å². The number of thiophene rings is 1. The number of halogens is 1. The maximum absolute atomic E-state index is 12.7. The molecule has 0 bridgehead atoms. The molecule has 1 aliphatic carbocycles. The van der Waals surface area contributed by atoms with Crippen LogP contribution in [0.2, 0.25) is 0 Å². The molecule has 2 aliphatic rings. The number of rotatable bonds is 4. The van der Waals surface area contributed by atoms with Gasteiger partial charge in [-0.05, 0) is 46.8 Å². The van der Waals surface area contributed by atoms with Crippen LogP contribution in [-0.4, -0.2) is 53.0 Å². The molecule has 0 saturated carbocycles. The minimum Gasteiger partial charge on any atom is -0.353 e. The number of fused-ring (bicyclic) bond motifs is 1. The molecule has 2 atom stereocenters. The Morgan fingerprint density at radius 1 is 1.33 bits per heavy atom. The van der Waals surface area contributed by atoms with Crippen molar-refractivity contribution in [1.29, 1.82) is 0 Å². The van der Waals surface area contributed by atoms with E-state index in [-0.39, 0.29) is 5.91 Å². The molecule has 2 aromatic rings. The Kier molecular flexibility index (Phi) is 5.48. The first-order valence-corrected chi connectivity index (χ1v) is 11.0. The van der Waals surface area contributed by atoms with Crippen LogP contribution in [0.25, 0.3) is 0 Å². The normalized spacial score (nSPS) is 20.6. The Morgan fingerprint density at radius 3 is 2.81 bits per heavy atom. The second-order valence-electron chi connectivity index (χ2n) is 7.33. The van der Waals surface area contributed by atoms with Crippen molar-refractivity contribution < 1.29 is 4.79 Å². The van der Waals surface area contributed by atoms with Crippen LogP contribution in [0.3, 0.4) is 0 Å².